The van der Waals surface area contributed by atoms with Crippen molar-refractivity contribution in [2.45, 2.75) is 26.7 Å². The summed E-state index contributed by atoms with van der Waals surface area (Å²) in [7, 11) is 1.97. The molecule has 1 saturated heterocycles. The molecule has 19 heavy (non-hydrogen) atoms. The molecule has 0 aromatic rings. The predicted molar refractivity (Wildman–Crippen MR) is 75.6 cm³/mol. The van der Waals surface area contributed by atoms with Crippen molar-refractivity contribution >= 4 is 5.91 Å². The number of nitriles is 1. The van der Waals surface area contributed by atoms with Gasteiger partial charge in [-0.05, 0) is 40.3 Å². The number of hydrogen-bond donors (Lipinski definition) is 1. The average Bonchev–Trinajstić information content (AvgIpc) is 2.39. The zero-order chi connectivity index (χ0) is 14.3. The van der Waals surface area contributed by atoms with Gasteiger partial charge in [0.25, 0.3) is 0 Å². The van der Waals surface area contributed by atoms with Crippen LogP contribution in [0.3, 0.4) is 0 Å². The molecule has 0 aromatic carbocycles. The zero-order valence-corrected chi connectivity index (χ0v) is 12.4. The molecule has 0 aliphatic carbocycles. The minimum Gasteiger partial charge on any atom is -0.339 e. The molecular formula is C14H26N4O. The van der Waals surface area contributed by atoms with Gasteiger partial charge in [0.05, 0.1) is 18.0 Å². The number of nitrogens with one attached hydrogen (secondary N) is 1. The summed E-state index contributed by atoms with van der Waals surface area (Å²) in [4.78, 5) is 16.0. The van der Waals surface area contributed by atoms with Gasteiger partial charge in [0.15, 0.2) is 0 Å². The van der Waals surface area contributed by atoms with Crippen LogP contribution in [0, 0.1) is 16.7 Å². The van der Waals surface area contributed by atoms with Crippen LogP contribution < -0.4 is 5.32 Å². The normalized spacial score (nSPS) is 16.5. The lowest BCUT2D eigenvalue weighted by molar-refractivity contribution is -0.132. The quantitative estimate of drug-likeness (QED) is 0.768. The minimum absolute atomic E-state index is 0.212. The second-order valence-electron chi connectivity index (χ2n) is 5.97. The topological polar surface area (TPSA) is 59.4 Å². The highest BCUT2D eigenvalue weighted by Gasteiger charge is 2.19. The van der Waals surface area contributed by atoms with Crippen molar-refractivity contribution in [1.29, 1.82) is 5.26 Å². The number of carbonyl (C=O) groups is 1. The summed E-state index contributed by atoms with van der Waals surface area (Å²) in [5.74, 6) is 0.212. The summed E-state index contributed by atoms with van der Waals surface area (Å²) in [6.45, 7) is 8.67. The molecule has 1 heterocycles. The molecule has 0 spiro atoms. The van der Waals surface area contributed by atoms with Gasteiger partial charge < -0.3 is 10.2 Å². The van der Waals surface area contributed by atoms with Crippen LogP contribution in [0.4, 0.5) is 0 Å². The van der Waals surface area contributed by atoms with Gasteiger partial charge in [-0.15, -0.1) is 0 Å². The SMILES string of the molecule is CN(CCCC(C)(C)C#N)CC(=O)N1CCNCC1. The third kappa shape index (κ3) is 6.04. The summed E-state index contributed by atoms with van der Waals surface area (Å²) in [6.07, 6.45) is 1.82. The average molecular weight is 266 g/mol. The lowest BCUT2D eigenvalue weighted by Crippen LogP contribution is -2.49. The molecular weight excluding hydrogens is 240 g/mol. The molecule has 5 heteroatoms. The van der Waals surface area contributed by atoms with E-state index in [1.165, 1.54) is 0 Å². The summed E-state index contributed by atoms with van der Waals surface area (Å²) in [5.41, 5.74) is -0.261. The number of piperazine rings is 1. The first-order valence-electron chi connectivity index (χ1n) is 7.03. The Bertz CT molecular complexity index is 329. The van der Waals surface area contributed by atoms with Crippen molar-refractivity contribution in [3.05, 3.63) is 0 Å². The third-order valence-electron chi connectivity index (χ3n) is 3.52. The second kappa shape index (κ2) is 7.46. The summed E-state index contributed by atoms with van der Waals surface area (Å²) in [5, 5.41) is 12.2. The van der Waals surface area contributed by atoms with Crippen LogP contribution in [0.25, 0.3) is 0 Å². The van der Waals surface area contributed by atoms with Gasteiger partial charge in [0.1, 0.15) is 0 Å². The van der Waals surface area contributed by atoms with Crippen LogP contribution in [0.2, 0.25) is 0 Å². The van der Waals surface area contributed by atoms with Gasteiger partial charge in [0, 0.05) is 26.2 Å². The van der Waals surface area contributed by atoms with Gasteiger partial charge in [-0.1, -0.05) is 0 Å². The van der Waals surface area contributed by atoms with Gasteiger partial charge in [-0.3, -0.25) is 9.69 Å². The first kappa shape index (κ1) is 15.9. The van der Waals surface area contributed by atoms with Crippen LogP contribution in [0.1, 0.15) is 26.7 Å². The Labute approximate surface area is 116 Å². The molecule has 0 unspecified atom stereocenters. The van der Waals surface area contributed by atoms with Crippen molar-refractivity contribution in [2.24, 2.45) is 5.41 Å². The molecule has 0 radical (unpaired) electrons. The fraction of sp³-hybridized carbons (Fsp3) is 0.857. The van der Waals surface area contributed by atoms with Crippen molar-refractivity contribution in [1.82, 2.24) is 15.1 Å². The van der Waals surface area contributed by atoms with Crippen LogP contribution in [-0.4, -0.2) is 62.0 Å². The first-order chi connectivity index (χ1) is 8.94. The second-order valence-corrected chi connectivity index (χ2v) is 5.97. The molecule has 0 atom stereocenters. The number of rotatable bonds is 6. The van der Waals surface area contributed by atoms with E-state index >= 15 is 0 Å². The fourth-order valence-electron chi connectivity index (χ4n) is 2.17. The van der Waals surface area contributed by atoms with Crippen molar-refractivity contribution in [3.63, 3.8) is 0 Å². The summed E-state index contributed by atoms with van der Waals surface area (Å²) >= 11 is 0. The minimum atomic E-state index is -0.261. The molecule has 1 aliphatic rings. The van der Waals surface area contributed by atoms with E-state index in [2.05, 4.69) is 16.3 Å². The smallest absolute Gasteiger partial charge is 0.236 e. The Morgan fingerprint density at radius 1 is 1.42 bits per heavy atom. The number of carbonyl (C=O) groups excluding carboxylic acids is 1. The Hall–Kier alpha value is -1.12. The predicted octanol–water partition coefficient (Wildman–Crippen LogP) is 0.680. The largest absolute Gasteiger partial charge is 0.339 e. The van der Waals surface area contributed by atoms with Gasteiger partial charge in [-0.2, -0.15) is 5.26 Å². The Morgan fingerprint density at radius 3 is 2.63 bits per heavy atom. The van der Waals surface area contributed by atoms with E-state index < -0.39 is 0 Å². The van der Waals surface area contributed by atoms with Gasteiger partial charge in [-0.25, -0.2) is 0 Å². The van der Waals surface area contributed by atoms with E-state index in [4.69, 9.17) is 5.26 Å². The van der Waals surface area contributed by atoms with Crippen LogP contribution in [0.5, 0.6) is 0 Å². The molecule has 1 aliphatic heterocycles. The zero-order valence-electron chi connectivity index (χ0n) is 12.4. The van der Waals surface area contributed by atoms with Crippen molar-refractivity contribution < 1.29 is 4.79 Å². The van der Waals surface area contributed by atoms with E-state index in [1.807, 2.05) is 25.8 Å². The Morgan fingerprint density at radius 2 is 2.05 bits per heavy atom. The monoisotopic (exact) mass is 266 g/mol. The number of hydrogen-bond acceptors (Lipinski definition) is 4. The fourth-order valence-corrected chi connectivity index (χ4v) is 2.17. The first-order valence-corrected chi connectivity index (χ1v) is 7.03. The maximum Gasteiger partial charge on any atom is 0.236 e. The maximum absolute atomic E-state index is 12.0. The van der Waals surface area contributed by atoms with Gasteiger partial charge in [0.2, 0.25) is 5.91 Å². The van der Waals surface area contributed by atoms with Gasteiger partial charge >= 0.3 is 0 Å². The lowest BCUT2D eigenvalue weighted by atomic mass is 9.90. The Balaban J connectivity index is 2.21. The lowest BCUT2D eigenvalue weighted by Gasteiger charge is -2.29. The highest BCUT2D eigenvalue weighted by molar-refractivity contribution is 5.78. The molecule has 1 fully saturated rings. The Kier molecular flexibility index (Phi) is 6.26. The molecule has 1 amide bonds. The van der Waals surface area contributed by atoms with Crippen molar-refractivity contribution in [3.8, 4) is 6.07 Å². The van der Waals surface area contributed by atoms with Crippen LogP contribution >= 0.6 is 0 Å². The van der Waals surface area contributed by atoms with E-state index in [9.17, 15) is 4.79 Å². The molecule has 0 bridgehead atoms. The molecule has 108 valence electrons. The molecule has 1 rings (SSSR count). The van der Waals surface area contributed by atoms with Crippen molar-refractivity contribution in [2.75, 3.05) is 46.3 Å². The third-order valence-corrected chi connectivity index (χ3v) is 3.52. The molecule has 0 saturated carbocycles. The summed E-state index contributed by atoms with van der Waals surface area (Å²) < 4.78 is 0. The van der Waals surface area contributed by atoms with E-state index in [0.717, 1.165) is 45.6 Å². The summed E-state index contributed by atoms with van der Waals surface area (Å²) in [6, 6.07) is 2.31. The maximum atomic E-state index is 12.0. The van der Waals surface area contributed by atoms with E-state index in [0.29, 0.717) is 6.54 Å². The molecule has 1 N–H and O–H groups in total. The molecule has 0 aromatic heterocycles. The number of likely N-dealkylation sites (N-methyl/N-ethyl adjacent to an activating group) is 1. The highest BCUT2D eigenvalue weighted by Crippen LogP contribution is 2.20. The number of amides is 1. The highest BCUT2D eigenvalue weighted by atomic mass is 16.2. The van der Waals surface area contributed by atoms with Crippen LogP contribution in [-0.2, 0) is 4.79 Å². The van der Waals surface area contributed by atoms with E-state index in [-0.39, 0.29) is 11.3 Å². The standard InChI is InChI=1S/C14H26N4O/c1-14(2,12-15)5-4-8-17(3)11-13(19)18-9-6-16-7-10-18/h16H,4-11H2,1-3H3. The molecule has 5 nitrogen and oxygen atoms in total. The van der Waals surface area contributed by atoms with Crippen LogP contribution in [0.15, 0.2) is 0 Å². The number of nitrogens with zero attached hydrogens (tertiary/aromatic N) is 3. The van der Waals surface area contributed by atoms with E-state index in [1.54, 1.807) is 0 Å².